The van der Waals surface area contributed by atoms with Crippen molar-refractivity contribution in [2.45, 2.75) is 44.6 Å². The number of benzene rings is 1. The van der Waals surface area contributed by atoms with E-state index in [1.807, 2.05) is 6.92 Å². The topological polar surface area (TPSA) is 75.6 Å². The van der Waals surface area contributed by atoms with Crippen LogP contribution in [0, 0.1) is 6.92 Å². The van der Waals surface area contributed by atoms with Crippen molar-refractivity contribution < 1.29 is 18.3 Å². The molecule has 0 heterocycles. The molecule has 0 amide bonds. The highest BCUT2D eigenvalue weighted by atomic mass is 32.2. The normalized spacial score (nSPS) is 14.8. The Morgan fingerprint density at radius 3 is 2.50 bits per heavy atom. The molecule has 0 aromatic heterocycles. The minimum atomic E-state index is -3.62. The first-order valence-electron chi connectivity index (χ1n) is 6.67. The van der Waals surface area contributed by atoms with Crippen LogP contribution < -0.4 is 9.46 Å². The third-order valence-electron chi connectivity index (χ3n) is 3.16. The van der Waals surface area contributed by atoms with Crippen LogP contribution in [0.4, 0.5) is 0 Å². The van der Waals surface area contributed by atoms with E-state index < -0.39 is 15.6 Å². The summed E-state index contributed by atoms with van der Waals surface area (Å²) in [6.45, 7) is 7.58. The van der Waals surface area contributed by atoms with Crippen molar-refractivity contribution in [3.05, 3.63) is 23.8 Å². The lowest BCUT2D eigenvalue weighted by Crippen LogP contribution is -2.40. The van der Waals surface area contributed by atoms with Crippen molar-refractivity contribution in [3.63, 3.8) is 0 Å². The summed E-state index contributed by atoms with van der Waals surface area (Å²) in [5.74, 6) is 0.673. The Bertz CT molecular complexity index is 552. The van der Waals surface area contributed by atoms with Gasteiger partial charge in [0.2, 0.25) is 10.0 Å². The van der Waals surface area contributed by atoms with Gasteiger partial charge in [-0.15, -0.1) is 0 Å². The third kappa shape index (κ3) is 4.47. The van der Waals surface area contributed by atoms with Gasteiger partial charge in [0.05, 0.1) is 17.1 Å². The summed E-state index contributed by atoms with van der Waals surface area (Å²) in [4.78, 5) is 0.172. The average Bonchev–Trinajstić information content (AvgIpc) is 2.39. The van der Waals surface area contributed by atoms with Gasteiger partial charge in [-0.3, -0.25) is 0 Å². The van der Waals surface area contributed by atoms with Crippen molar-refractivity contribution >= 4 is 10.0 Å². The minimum Gasteiger partial charge on any atom is -0.494 e. The van der Waals surface area contributed by atoms with Crippen LogP contribution in [0.3, 0.4) is 0 Å². The fourth-order valence-corrected chi connectivity index (χ4v) is 2.81. The van der Waals surface area contributed by atoms with Crippen molar-refractivity contribution in [1.82, 2.24) is 4.72 Å². The van der Waals surface area contributed by atoms with Crippen LogP contribution >= 0.6 is 0 Å². The van der Waals surface area contributed by atoms with Crippen molar-refractivity contribution in [3.8, 4) is 5.75 Å². The number of aryl methyl sites for hydroxylation is 1. The van der Waals surface area contributed by atoms with Gasteiger partial charge in [0.15, 0.2) is 0 Å². The zero-order valence-electron chi connectivity index (χ0n) is 12.4. The van der Waals surface area contributed by atoms with E-state index >= 15 is 0 Å². The Morgan fingerprint density at radius 1 is 1.35 bits per heavy atom. The number of rotatable bonds is 7. The fourth-order valence-electron chi connectivity index (χ4n) is 1.57. The predicted molar refractivity (Wildman–Crippen MR) is 78.5 cm³/mol. The van der Waals surface area contributed by atoms with Crippen LogP contribution in [0.1, 0.15) is 32.8 Å². The van der Waals surface area contributed by atoms with Crippen LogP contribution in [-0.2, 0) is 10.0 Å². The molecule has 1 aromatic carbocycles. The highest BCUT2D eigenvalue weighted by Crippen LogP contribution is 2.22. The Morgan fingerprint density at radius 2 is 2.00 bits per heavy atom. The summed E-state index contributed by atoms with van der Waals surface area (Å²) < 4.78 is 32.1. The summed E-state index contributed by atoms with van der Waals surface area (Å²) in [5.41, 5.74) is -0.287. The van der Waals surface area contributed by atoms with Crippen molar-refractivity contribution in [1.29, 1.82) is 0 Å². The van der Waals surface area contributed by atoms with E-state index in [1.54, 1.807) is 32.9 Å². The molecule has 20 heavy (non-hydrogen) atoms. The molecule has 1 rings (SSSR count). The van der Waals surface area contributed by atoms with Gasteiger partial charge in [-0.05, 0) is 51.0 Å². The number of hydrogen-bond donors (Lipinski definition) is 2. The second-order valence-corrected chi connectivity index (χ2v) is 6.80. The van der Waals surface area contributed by atoms with Crippen LogP contribution in [0.2, 0.25) is 0 Å². The van der Waals surface area contributed by atoms with Crippen LogP contribution in [0.15, 0.2) is 23.1 Å². The standard InChI is InChI=1S/C14H23NO4S/c1-5-14(4,16)10-15-20(17,18)12-7-8-13(19-6-2)11(3)9-12/h7-9,15-16H,5-6,10H2,1-4H3. The Kier molecular flexibility index (Phi) is 5.56. The van der Waals surface area contributed by atoms with Crippen molar-refractivity contribution in [2.75, 3.05) is 13.2 Å². The van der Waals surface area contributed by atoms with Crippen LogP contribution in [0.25, 0.3) is 0 Å². The molecule has 5 nitrogen and oxygen atoms in total. The molecule has 1 aromatic rings. The lowest BCUT2D eigenvalue weighted by Gasteiger charge is -2.21. The van der Waals surface area contributed by atoms with E-state index in [0.29, 0.717) is 18.8 Å². The maximum atomic E-state index is 12.2. The second-order valence-electron chi connectivity index (χ2n) is 5.04. The summed E-state index contributed by atoms with van der Waals surface area (Å²) in [7, 11) is -3.62. The highest BCUT2D eigenvalue weighted by molar-refractivity contribution is 7.89. The van der Waals surface area contributed by atoms with E-state index in [1.165, 1.54) is 6.07 Å². The van der Waals surface area contributed by atoms with E-state index in [-0.39, 0.29) is 11.4 Å². The van der Waals surface area contributed by atoms with Gasteiger partial charge in [-0.25, -0.2) is 13.1 Å². The van der Waals surface area contributed by atoms with Crippen LogP contribution in [-0.4, -0.2) is 32.3 Å². The maximum Gasteiger partial charge on any atom is 0.240 e. The van der Waals surface area contributed by atoms with Gasteiger partial charge in [-0.1, -0.05) is 6.92 Å². The minimum absolute atomic E-state index is 0.0158. The first-order valence-corrected chi connectivity index (χ1v) is 8.15. The van der Waals surface area contributed by atoms with E-state index in [2.05, 4.69) is 4.72 Å². The lowest BCUT2D eigenvalue weighted by atomic mass is 10.1. The second kappa shape index (κ2) is 6.56. The first-order chi connectivity index (χ1) is 9.22. The fraction of sp³-hybridized carbons (Fsp3) is 0.571. The molecule has 0 bridgehead atoms. The van der Waals surface area contributed by atoms with Gasteiger partial charge in [-0.2, -0.15) is 0 Å². The molecule has 114 valence electrons. The maximum absolute atomic E-state index is 12.2. The van der Waals surface area contributed by atoms with Gasteiger partial charge in [0.25, 0.3) is 0 Å². The third-order valence-corrected chi connectivity index (χ3v) is 4.56. The van der Waals surface area contributed by atoms with Gasteiger partial charge >= 0.3 is 0 Å². The van der Waals surface area contributed by atoms with Crippen LogP contribution in [0.5, 0.6) is 5.75 Å². The zero-order valence-corrected chi connectivity index (χ0v) is 13.3. The smallest absolute Gasteiger partial charge is 0.240 e. The molecule has 6 heteroatoms. The van der Waals surface area contributed by atoms with Gasteiger partial charge < -0.3 is 9.84 Å². The van der Waals surface area contributed by atoms with E-state index in [9.17, 15) is 13.5 Å². The average molecular weight is 301 g/mol. The molecule has 0 saturated heterocycles. The SMILES string of the molecule is CCOc1ccc(S(=O)(=O)NCC(C)(O)CC)cc1C. The lowest BCUT2D eigenvalue weighted by molar-refractivity contribution is 0.0613. The van der Waals surface area contributed by atoms with Gasteiger partial charge in [0.1, 0.15) is 5.75 Å². The summed E-state index contributed by atoms with van der Waals surface area (Å²) >= 11 is 0. The monoisotopic (exact) mass is 301 g/mol. The zero-order chi connectivity index (χ0) is 15.4. The van der Waals surface area contributed by atoms with Crippen molar-refractivity contribution in [2.24, 2.45) is 0 Å². The molecule has 1 unspecified atom stereocenters. The molecule has 2 N–H and O–H groups in total. The van der Waals surface area contributed by atoms with E-state index in [4.69, 9.17) is 4.74 Å². The summed E-state index contributed by atoms with van der Waals surface area (Å²) in [6.07, 6.45) is 0.470. The summed E-state index contributed by atoms with van der Waals surface area (Å²) in [6, 6.07) is 4.71. The molecule has 0 aliphatic carbocycles. The molecule has 0 saturated carbocycles. The number of aliphatic hydroxyl groups is 1. The molecule has 0 spiro atoms. The molecule has 0 fully saturated rings. The van der Waals surface area contributed by atoms with E-state index in [0.717, 1.165) is 5.56 Å². The predicted octanol–water partition coefficient (Wildman–Crippen LogP) is 1.83. The molecule has 1 atom stereocenters. The number of nitrogens with one attached hydrogen (secondary N) is 1. The molecular weight excluding hydrogens is 278 g/mol. The number of hydrogen-bond acceptors (Lipinski definition) is 4. The Balaban J connectivity index is 2.91. The quantitative estimate of drug-likeness (QED) is 0.805. The Labute approximate surface area is 121 Å². The molecule has 0 aliphatic rings. The first kappa shape index (κ1) is 16.9. The largest absolute Gasteiger partial charge is 0.494 e. The molecular formula is C14H23NO4S. The number of ether oxygens (including phenoxy) is 1. The Hall–Kier alpha value is -1.11. The van der Waals surface area contributed by atoms with Gasteiger partial charge in [0, 0.05) is 6.54 Å². The molecule has 0 radical (unpaired) electrons. The number of sulfonamides is 1. The summed E-state index contributed by atoms with van der Waals surface area (Å²) in [5, 5.41) is 9.86. The highest BCUT2D eigenvalue weighted by Gasteiger charge is 2.22. The molecule has 0 aliphatic heterocycles.